The van der Waals surface area contributed by atoms with Crippen LogP contribution in [0.25, 0.3) is 27.8 Å². The first kappa shape index (κ1) is 10.2. The molecule has 0 saturated carbocycles. The van der Waals surface area contributed by atoms with Crippen LogP contribution < -0.4 is 0 Å². The van der Waals surface area contributed by atoms with Gasteiger partial charge in [-0.2, -0.15) is 15.4 Å². The average Bonchev–Trinajstić information content (AvgIpc) is 3.04. The van der Waals surface area contributed by atoms with Gasteiger partial charge in [-0.15, -0.1) is 5.10 Å². The lowest BCUT2D eigenvalue weighted by Gasteiger charge is -2.03. The second kappa shape index (κ2) is 3.61. The van der Waals surface area contributed by atoms with E-state index < -0.39 is 0 Å². The minimum Gasteiger partial charge on any atom is -0.213 e. The molecule has 1 N–H and O–H groups in total. The molecule has 6 nitrogen and oxygen atoms in total. The summed E-state index contributed by atoms with van der Waals surface area (Å²) in [6.45, 7) is 2.01. The van der Waals surface area contributed by atoms with Crippen molar-refractivity contribution < 1.29 is 0 Å². The van der Waals surface area contributed by atoms with Crippen LogP contribution in [0.4, 0.5) is 0 Å². The molecule has 4 aromatic rings. The molecule has 0 aliphatic carbocycles. The molecule has 0 amide bonds. The summed E-state index contributed by atoms with van der Waals surface area (Å²) in [4.78, 5) is 0. The monoisotopic (exact) mass is 250 g/mol. The van der Waals surface area contributed by atoms with Gasteiger partial charge in [0.05, 0.1) is 11.2 Å². The van der Waals surface area contributed by atoms with E-state index >= 15 is 0 Å². The Kier molecular flexibility index (Phi) is 1.94. The SMILES string of the molecule is Cc1cc(-n2nnc3ccccc32)cc2n[nH]nc12. The fourth-order valence-electron chi connectivity index (χ4n) is 2.28. The molecule has 2 aromatic heterocycles. The van der Waals surface area contributed by atoms with E-state index in [-0.39, 0.29) is 0 Å². The maximum Gasteiger partial charge on any atom is 0.116 e. The molecule has 92 valence electrons. The molecular weight excluding hydrogens is 240 g/mol. The average molecular weight is 250 g/mol. The van der Waals surface area contributed by atoms with E-state index in [1.165, 1.54) is 0 Å². The van der Waals surface area contributed by atoms with Crippen molar-refractivity contribution in [2.75, 3.05) is 0 Å². The second-order valence-electron chi connectivity index (χ2n) is 4.44. The normalized spacial score (nSPS) is 11.4. The number of para-hydroxylation sites is 1. The number of hydrogen-bond donors (Lipinski definition) is 1. The van der Waals surface area contributed by atoms with Crippen LogP contribution in [0, 0.1) is 6.92 Å². The fraction of sp³-hybridized carbons (Fsp3) is 0.0769. The number of fused-ring (bicyclic) bond motifs is 2. The first-order chi connectivity index (χ1) is 9.33. The lowest BCUT2D eigenvalue weighted by Crippen LogP contribution is -1.97. The molecule has 0 fully saturated rings. The summed E-state index contributed by atoms with van der Waals surface area (Å²) in [5.41, 5.74) is 5.56. The first-order valence-corrected chi connectivity index (χ1v) is 5.95. The second-order valence-corrected chi connectivity index (χ2v) is 4.44. The van der Waals surface area contributed by atoms with Crippen LogP contribution in [0.2, 0.25) is 0 Å². The summed E-state index contributed by atoms with van der Waals surface area (Å²) in [6, 6.07) is 11.9. The van der Waals surface area contributed by atoms with Crippen molar-refractivity contribution in [1.82, 2.24) is 30.4 Å². The van der Waals surface area contributed by atoms with Gasteiger partial charge in [-0.1, -0.05) is 17.3 Å². The Morgan fingerprint density at radius 2 is 1.95 bits per heavy atom. The number of benzene rings is 2. The number of H-pyrrole nitrogens is 1. The van der Waals surface area contributed by atoms with Crippen LogP contribution in [-0.2, 0) is 0 Å². The van der Waals surface area contributed by atoms with Gasteiger partial charge in [-0.25, -0.2) is 4.68 Å². The molecule has 0 atom stereocenters. The molecular formula is C13H10N6. The van der Waals surface area contributed by atoms with Crippen molar-refractivity contribution >= 4 is 22.1 Å². The predicted molar refractivity (Wildman–Crippen MR) is 71.0 cm³/mol. The Bertz CT molecular complexity index is 888. The molecule has 0 spiro atoms. The van der Waals surface area contributed by atoms with Gasteiger partial charge in [0, 0.05) is 0 Å². The number of nitrogens with zero attached hydrogens (tertiary/aromatic N) is 5. The number of aryl methyl sites for hydroxylation is 1. The van der Waals surface area contributed by atoms with Crippen LogP contribution in [-0.4, -0.2) is 30.4 Å². The van der Waals surface area contributed by atoms with Gasteiger partial charge in [-0.3, -0.25) is 0 Å². The predicted octanol–water partition coefficient (Wildman–Crippen LogP) is 2.00. The van der Waals surface area contributed by atoms with Gasteiger partial charge in [0.1, 0.15) is 16.6 Å². The molecule has 0 unspecified atom stereocenters. The molecule has 4 rings (SSSR count). The third-order valence-corrected chi connectivity index (χ3v) is 3.19. The summed E-state index contributed by atoms with van der Waals surface area (Å²) in [6.07, 6.45) is 0. The molecule has 0 bridgehead atoms. The van der Waals surface area contributed by atoms with Crippen LogP contribution >= 0.6 is 0 Å². The van der Waals surface area contributed by atoms with E-state index in [9.17, 15) is 0 Å². The Morgan fingerprint density at radius 3 is 2.89 bits per heavy atom. The summed E-state index contributed by atoms with van der Waals surface area (Å²) in [5.74, 6) is 0. The third kappa shape index (κ3) is 1.43. The van der Waals surface area contributed by atoms with Gasteiger partial charge in [0.25, 0.3) is 0 Å². The largest absolute Gasteiger partial charge is 0.213 e. The molecule has 2 heterocycles. The number of hydrogen-bond acceptors (Lipinski definition) is 4. The Hall–Kier alpha value is -2.76. The molecule has 0 saturated heterocycles. The maximum absolute atomic E-state index is 4.21. The van der Waals surface area contributed by atoms with Crippen molar-refractivity contribution in [2.45, 2.75) is 6.92 Å². The highest BCUT2D eigenvalue weighted by molar-refractivity contribution is 5.82. The van der Waals surface area contributed by atoms with Gasteiger partial charge in [0.15, 0.2) is 0 Å². The van der Waals surface area contributed by atoms with Gasteiger partial charge >= 0.3 is 0 Å². The van der Waals surface area contributed by atoms with Crippen LogP contribution in [0.15, 0.2) is 36.4 Å². The minimum absolute atomic E-state index is 0.828. The van der Waals surface area contributed by atoms with Gasteiger partial charge in [0.2, 0.25) is 0 Å². The lowest BCUT2D eigenvalue weighted by molar-refractivity contribution is 0.824. The van der Waals surface area contributed by atoms with Crippen molar-refractivity contribution in [2.24, 2.45) is 0 Å². The standard InChI is InChI=1S/C13H10N6/c1-8-6-9(7-11-13(8)16-17-14-11)19-12-5-3-2-4-10(12)15-18-19/h2-7H,1H3,(H,14,16,17). The summed E-state index contributed by atoms with van der Waals surface area (Å²) < 4.78 is 1.82. The van der Waals surface area contributed by atoms with Gasteiger partial charge < -0.3 is 0 Å². The van der Waals surface area contributed by atoms with Crippen LogP contribution in [0.3, 0.4) is 0 Å². The van der Waals surface area contributed by atoms with E-state index in [0.717, 1.165) is 33.3 Å². The Labute approximate surface area is 108 Å². The zero-order valence-electron chi connectivity index (χ0n) is 10.2. The Morgan fingerprint density at radius 1 is 1.05 bits per heavy atom. The maximum atomic E-state index is 4.21. The molecule has 19 heavy (non-hydrogen) atoms. The minimum atomic E-state index is 0.828. The number of aromatic nitrogens is 6. The van der Waals surface area contributed by atoms with Crippen molar-refractivity contribution in [3.05, 3.63) is 42.0 Å². The lowest BCUT2D eigenvalue weighted by atomic mass is 10.2. The highest BCUT2D eigenvalue weighted by Crippen LogP contribution is 2.21. The summed E-state index contributed by atoms with van der Waals surface area (Å²) in [7, 11) is 0. The topological polar surface area (TPSA) is 72.3 Å². The van der Waals surface area contributed by atoms with E-state index in [4.69, 9.17) is 0 Å². The molecule has 0 aliphatic heterocycles. The smallest absolute Gasteiger partial charge is 0.116 e. The van der Waals surface area contributed by atoms with E-state index in [1.54, 1.807) is 0 Å². The highest BCUT2D eigenvalue weighted by Gasteiger charge is 2.09. The van der Waals surface area contributed by atoms with Gasteiger partial charge in [-0.05, 0) is 36.8 Å². The van der Waals surface area contributed by atoms with Crippen LogP contribution in [0.1, 0.15) is 5.56 Å². The third-order valence-electron chi connectivity index (χ3n) is 3.19. The molecule has 2 aromatic carbocycles. The van der Waals surface area contributed by atoms with Crippen molar-refractivity contribution in [1.29, 1.82) is 0 Å². The van der Waals surface area contributed by atoms with E-state index in [0.29, 0.717) is 0 Å². The fourth-order valence-corrected chi connectivity index (χ4v) is 2.28. The van der Waals surface area contributed by atoms with E-state index in [2.05, 4.69) is 25.7 Å². The summed E-state index contributed by atoms with van der Waals surface area (Å²) >= 11 is 0. The molecule has 0 aliphatic rings. The Balaban J connectivity index is 2.03. The highest BCUT2D eigenvalue weighted by atomic mass is 15.4. The number of rotatable bonds is 1. The number of aromatic amines is 1. The van der Waals surface area contributed by atoms with E-state index in [1.807, 2.05) is 48.0 Å². The summed E-state index contributed by atoms with van der Waals surface area (Å²) in [5, 5.41) is 19.3. The quantitative estimate of drug-likeness (QED) is 0.560. The molecule has 0 radical (unpaired) electrons. The van der Waals surface area contributed by atoms with Crippen molar-refractivity contribution in [3.63, 3.8) is 0 Å². The zero-order chi connectivity index (χ0) is 12.8. The number of nitrogens with one attached hydrogen (secondary N) is 1. The first-order valence-electron chi connectivity index (χ1n) is 5.95. The van der Waals surface area contributed by atoms with Crippen LogP contribution in [0.5, 0.6) is 0 Å². The van der Waals surface area contributed by atoms with Crippen molar-refractivity contribution in [3.8, 4) is 5.69 Å². The molecule has 6 heteroatoms. The zero-order valence-corrected chi connectivity index (χ0v) is 10.2.